The van der Waals surface area contributed by atoms with E-state index in [-0.39, 0.29) is 0 Å². The van der Waals surface area contributed by atoms with Crippen molar-refractivity contribution in [2.24, 2.45) is 0 Å². The summed E-state index contributed by atoms with van der Waals surface area (Å²) in [5, 5.41) is 12.4. The summed E-state index contributed by atoms with van der Waals surface area (Å²) < 4.78 is 0. The fraction of sp³-hybridized carbons (Fsp3) is 0.0265. The van der Waals surface area contributed by atoms with Gasteiger partial charge in [-0.2, -0.15) is 0 Å². The van der Waals surface area contributed by atoms with Gasteiger partial charge >= 0.3 is 0 Å². The van der Waals surface area contributed by atoms with E-state index in [1.54, 1.807) is 0 Å². The maximum atomic E-state index is 2.34. The van der Waals surface area contributed by atoms with Gasteiger partial charge in [-0.3, -0.25) is 0 Å². The van der Waals surface area contributed by atoms with Crippen LogP contribution in [-0.2, 0) is 0 Å². The number of fused-ring (bicyclic) bond motifs is 5. The summed E-state index contributed by atoms with van der Waals surface area (Å²) in [6, 6.07) is 171. The molecule has 0 amide bonds. The van der Waals surface area contributed by atoms with Crippen LogP contribution in [0.2, 0.25) is 0 Å². The maximum absolute atomic E-state index is 2.34. The van der Waals surface area contributed by atoms with Crippen LogP contribution in [0.4, 0.5) is 85.3 Å². The van der Waals surface area contributed by atoms with E-state index in [2.05, 4.69) is 524 Å². The van der Waals surface area contributed by atoms with Crippen LogP contribution in [0.3, 0.4) is 0 Å². The minimum absolute atomic E-state index is 1.13. The first kappa shape index (κ1) is 74.9. The molecular formula is C113H88N6. The van der Waals surface area contributed by atoms with Gasteiger partial charge in [0.15, 0.2) is 0 Å². The van der Waals surface area contributed by atoms with Crippen molar-refractivity contribution in [3.8, 4) is 33.4 Å². The summed E-state index contributed by atoms with van der Waals surface area (Å²) in [5.74, 6) is 0. The number of anilines is 15. The van der Waals surface area contributed by atoms with Crippen LogP contribution in [0, 0.1) is 0 Å². The Balaban J connectivity index is 0.000000123. The van der Waals surface area contributed by atoms with E-state index in [1.165, 1.54) is 121 Å². The van der Waals surface area contributed by atoms with Gasteiger partial charge in [-0.05, 0) is 223 Å². The molecule has 20 rings (SSSR count). The SMILES string of the molecule is CN(c1ccc(-c2ccc(N(c3ccccc3)c3cccc4ccccc34)cc2)cc1)c1ccc2ccccc2c1.CN(c1ccc(-c2ccc(N(c3ccccc3)c3cccc4ccccc34)cc2)cc1)c1cccc2ccccc12.CN(c1ccccc1)c1ccc(-c2ccc(N(c3ccccc3)c3cccc4ccccc34)cc2)cc1. The molecule has 0 radical (unpaired) electrons. The van der Waals surface area contributed by atoms with E-state index in [1.807, 2.05) is 6.07 Å². The fourth-order valence-electron chi connectivity index (χ4n) is 16.2. The minimum Gasteiger partial charge on any atom is -0.345 e. The smallest absolute Gasteiger partial charge is 0.0540 e. The molecule has 20 aromatic rings. The molecule has 0 saturated heterocycles. The van der Waals surface area contributed by atoms with Crippen molar-refractivity contribution in [1.82, 2.24) is 0 Å². The van der Waals surface area contributed by atoms with Crippen LogP contribution in [0.1, 0.15) is 0 Å². The second-order valence-electron chi connectivity index (χ2n) is 29.8. The van der Waals surface area contributed by atoms with E-state index < -0.39 is 0 Å². The van der Waals surface area contributed by atoms with Gasteiger partial charge in [0, 0.05) is 111 Å². The summed E-state index contributed by atoms with van der Waals surface area (Å²) in [7, 11) is 6.36. The first-order chi connectivity index (χ1) is 58.8. The van der Waals surface area contributed by atoms with Crippen LogP contribution in [0.15, 0.2) is 479 Å². The lowest BCUT2D eigenvalue weighted by atomic mass is 10.0. The van der Waals surface area contributed by atoms with Crippen LogP contribution in [0.5, 0.6) is 0 Å². The first-order valence-electron chi connectivity index (χ1n) is 40.6. The highest BCUT2D eigenvalue weighted by molar-refractivity contribution is 6.03. The number of para-hydroxylation sites is 4. The normalized spacial score (nSPS) is 11.0. The highest BCUT2D eigenvalue weighted by Crippen LogP contribution is 2.45. The molecule has 0 atom stereocenters. The van der Waals surface area contributed by atoms with E-state index >= 15 is 0 Å². The molecule has 0 saturated carbocycles. The van der Waals surface area contributed by atoms with Gasteiger partial charge in [-0.25, -0.2) is 0 Å². The molecule has 6 heteroatoms. The third kappa shape index (κ3) is 16.2. The first-order valence-corrected chi connectivity index (χ1v) is 40.6. The van der Waals surface area contributed by atoms with Crippen LogP contribution in [0.25, 0.3) is 87.2 Å². The van der Waals surface area contributed by atoms with Crippen molar-refractivity contribution >= 4 is 139 Å². The van der Waals surface area contributed by atoms with Gasteiger partial charge in [-0.15, -0.1) is 0 Å². The van der Waals surface area contributed by atoms with Crippen LogP contribution < -0.4 is 29.4 Å². The quantitative estimate of drug-likeness (QED) is 0.0847. The van der Waals surface area contributed by atoms with Crippen molar-refractivity contribution in [3.63, 3.8) is 0 Å². The molecule has 6 nitrogen and oxygen atoms in total. The zero-order valence-electron chi connectivity index (χ0n) is 66.8. The van der Waals surface area contributed by atoms with Crippen LogP contribution in [-0.4, -0.2) is 21.1 Å². The zero-order chi connectivity index (χ0) is 80.2. The lowest BCUT2D eigenvalue weighted by Crippen LogP contribution is -2.10. The second-order valence-corrected chi connectivity index (χ2v) is 29.8. The van der Waals surface area contributed by atoms with Crippen molar-refractivity contribution in [3.05, 3.63) is 479 Å². The molecule has 0 unspecified atom stereocenters. The molecule has 0 spiro atoms. The Morgan fingerprint density at radius 2 is 0.328 bits per heavy atom. The van der Waals surface area contributed by atoms with Crippen molar-refractivity contribution in [2.45, 2.75) is 0 Å². The average molecular weight is 1530 g/mol. The Hall–Kier alpha value is -15.5. The Bertz CT molecular complexity index is 6780. The van der Waals surface area contributed by atoms with Gasteiger partial charge in [0.05, 0.1) is 17.1 Å². The van der Waals surface area contributed by atoms with Crippen LogP contribution >= 0.6 is 0 Å². The van der Waals surface area contributed by atoms with E-state index in [0.717, 1.165) is 51.2 Å². The molecule has 20 aromatic carbocycles. The van der Waals surface area contributed by atoms with Crippen molar-refractivity contribution in [2.75, 3.05) is 50.5 Å². The van der Waals surface area contributed by atoms with Gasteiger partial charge in [0.1, 0.15) is 0 Å². The Labute approximate surface area is 697 Å². The Kier molecular flexibility index (Phi) is 21.8. The van der Waals surface area contributed by atoms with Gasteiger partial charge in [-0.1, -0.05) is 322 Å². The third-order valence-electron chi connectivity index (χ3n) is 22.6. The predicted octanol–water partition coefficient (Wildman–Crippen LogP) is 31.5. The highest BCUT2D eigenvalue weighted by Gasteiger charge is 2.21. The van der Waals surface area contributed by atoms with Gasteiger partial charge < -0.3 is 29.4 Å². The second kappa shape index (κ2) is 34.7. The summed E-state index contributed by atoms with van der Waals surface area (Å²) in [6.07, 6.45) is 0. The molecular weight excluding hydrogens is 1440 g/mol. The van der Waals surface area contributed by atoms with Gasteiger partial charge in [0.25, 0.3) is 0 Å². The fourth-order valence-corrected chi connectivity index (χ4v) is 16.2. The van der Waals surface area contributed by atoms with Gasteiger partial charge in [0.2, 0.25) is 0 Å². The van der Waals surface area contributed by atoms with E-state index in [0.29, 0.717) is 0 Å². The predicted molar refractivity (Wildman–Crippen MR) is 511 cm³/mol. The summed E-state index contributed by atoms with van der Waals surface area (Å²) >= 11 is 0. The topological polar surface area (TPSA) is 19.4 Å². The molecule has 0 aliphatic carbocycles. The van der Waals surface area contributed by atoms with Crippen molar-refractivity contribution < 1.29 is 0 Å². The largest absolute Gasteiger partial charge is 0.345 e. The third-order valence-corrected chi connectivity index (χ3v) is 22.6. The average Bonchev–Trinajstić information content (AvgIpc) is 0.787. The molecule has 0 bridgehead atoms. The summed E-state index contributed by atoms with van der Waals surface area (Å²) in [6.45, 7) is 0. The maximum Gasteiger partial charge on any atom is 0.0540 e. The molecule has 0 aliphatic heterocycles. The number of nitrogens with zero attached hydrogens (tertiary/aromatic N) is 6. The number of hydrogen-bond donors (Lipinski definition) is 0. The lowest BCUT2D eigenvalue weighted by Gasteiger charge is -2.27. The van der Waals surface area contributed by atoms with E-state index in [4.69, 9.17) is 0 Å². The highest BCUT2D eigenvalue weighted by atomic mass is 15.2. The molecule has 0 heterocycles. The number of hydrogen-bond acceptors (Lipinski definition) is 6. The molecule has 570 valence electrons. The number of benzene rings is 20. The molecule has 0 aromatic heterocycles. The zero-order valence-corrected chi connectivity index (χ0v) is 66.8. The Morgan fingerprint density at radius 3 is 0.647 bits per heavy atom. The Morgan fingerprint density at radius 1 is 0.126 bits per heavy atom. The minimum atomic E-state index is 1.13. The molecule has 0 N–H and O–H groups in total. The van der Waals surface area contributed by atoms with Crippen molar-refractivity contribution in [1.29, 1.82) is 0 Å². The standard InChI is InChI=1S/2C39H30N2.C35H28N2/c1-40(38-19-9-13-31-11-5-7-17-36(31)38)33-25-21-29(22-26-33)30-23-27-35(28-24-30)41(34-15-3-2-4-16-34)39-20-10-14-32-12-6-8-18-37(32)39;1-40(37-27-22-29-10-5-6-12-33(29)28-37)34-23-18-30(19-24-34)31-20-25-36(26-21-31)41(35-14-3-2-4-15-35)39-17-9-13-32-11-7-8-16-38(32)39;1-36(30-13-4-2-5-14-30)31-23-19-27(20-24-31)28-21-25-33(26-22-28)37(32-15-6-3-7-16-32)35-18-10-12-29-11-8-9-17-34(29)35/h2*2-28H,1H3;2-26H,1H3. The monoisotopic (exact) mass is 1530 g/mol. The lowest BCUT2D eigenvalue weighted by molar-refractivity contribution is 1.21. The summed E-state index contributed by atoms with van der Waals surface area (Å²) in [4.78, 5) is 13.7. The molecule has 0 fully saturated rings. The molecule has 119 heavy (non-hydrogen) atoms. The molecule has 0 aliphatic rings. The number of rotatable bonds is 18. The summed E-state index contributed by atoms with van der Waals surface area (Å²) in [5.41, 5.74) is 24.5. The van der Waals surface area contributed by atoms with E-state index in [9.17, 15) is 0 Å².